The third-order valence-electron chi connectivity index (χ3n) is 3.55. The highest BCUT2D eigenvalue weighted by molar-refractivity contribution is 5.05. The van der Waals surface area contributed by atoms with E-state index < -0.39 is 0 Å². The van der Waals surface area contributed by atoms with Crippen LogP contribution in [0.3, 0.4) is 0 Å². The molecule has 0 aliphatic carbocycles. The molecule has 1 saturated heterocycles. The second-order valence-corrected chi connectivity index (χ2v) is 4.97. The Morgan fingerprint density at radius 1 is 1.35 bits per heavy atom. The first-order valence-electron chi connectivity index (χ1n) is 6.54. The maximum absolute atomic E-state index is 5.53. The van der Waals surface area contributed by atoms with Crippen LogP contribution < -0.4 is 5.32 Å². The molecule has 0 bridgehead atoms. The molecule has 1 N–H and O–H groups in total. The summed E-state index contributed by atoms with van der Waals surface area (Å²) in [6.45, 7) is 10.5. The minimum atomic E-state index is 0.606. The molecule has 1 unspecified atom stereocenters. The van der Waals surface area contributed by atoms with Gasteiger partial charge in [-0.05, 0) is 46.7 Å². The van der Waals surface area contributed by atoms with E-state index in [1.807, 2.05) is 13.8 Å². The number of hydrogen-bond acceptors (Lipinski definition) is 4. The predicted octanol–water partition coefficient (Wildman–Crippen LogP) is 1.87. The van der Waals surface area contributed by atoms with Gasteiger partial charge in [0.25, 0.3) is 0 Å². The summed E-state index contributed by atoms with van der Waals surface area (Å²) >= 11 is 0. The largest absolute Gasteiger partial charge is 0.444 e. The van der Waals surface area contributed by atoms with Gasteiger partial charge in [-0.15, -0.1) is 0 Å². The minimum Gasteiger partial charge on any atom is -0.444 e. The van der Waals surface area contributed by atoms with Crippen LogP contribution in [0.15, 0.2) is 4.42 Å². The Morgan fingerprint density at radius 3 is 2.65 bits per heavy atom. The van der Waals surface area contributed by atoms with E-state index in [0.717, 1.165) is 30.4 Å². The van der Waals surface area contributed by atoms with Crippen molar-refractivity contribution in [1.82, 2.24) is 15.2 Å². The fourth-order valence-corrected chi connectivity index (χ4v) is 2.31. The Balaban J connectivity index is 1.71. The molecule has 0 saturated carbocycles. The molecule has 2 heterocycles. The lowest BCUT2D eigenvalue weighted by atomic mass is 10.3. The van der Waals surface area contributed by atoms with Gasteiger partial charge in [0.1, 0.15) is 5.76 Å². The number of oxazole rings is 1. The summed E-state index contributed by atoms with van der Waals surface area (Å²) in [6, 6.07) is 0.606. The monoisotopic (exact) mass is 237 g/mol. The lowest BCUT2D eigenvalue weighted by Crippen LogP contribution is -2.38. The van der Waals surface area contributed by atoms with Crippen LogP contribution in [0.5, 0.6) is 0 Å². The van der Waals surface area contributed by atoms with Crippen molar-refractivity contribution in [1.29, 1.82) is 0 Å². The molecule has 0 radical (unpaired) electrons. The Morgan fingerprint density at radius 2 is 2.06 bits per heavy atom. The van der Waals surface area contributed by atoms with Crippen molar-refractivity contribution < 1.29 is 4.42 Å². The Bertz CT molecular complexity index is 336. The molecule has 1 aromatic heterocycles. The third kappa shape index (κ3) is 3.30. The predicted molar refractivity (Wildman–Crippen MR) is 68.0 cm³/mol. The van der Waals surface area contributed by atoms with E-state index in [1.165, 1.54) is 25.9 Å². The molecule has 2 rings (SSSR count). The first-order valence-corrected chi connectivity index (χ1v) is 6.54. The maximum Gasteiger partial charge on any atom is 0.208 e. The lowest BCUT2D eigenvalue weighted by Gasteiger charge is -2.23. The molecule has 1 aromatic rings. The third-order valence-corrected chi connectivity index (χ3v) is 3.55. The summed E-state index contributed by atoms with van der Waals surface area (Å²) in [5.74, 6) is 1.73. The number of aryl methyl sites for hydroxylation is 2. The number of nitrogens with one attached hydrogen (secondary N) is 1. The zero-order valence-electron chi connectivity index (χ0n) is 11.1. The van der Waals surface area contributed by atoms with Crippen LogP contribution in [0.4, 0.5) is 0 Å². The van der Waals surface area contributed by atoms with Crippen molar-refractivity contribution in [3.63, 3.8) is 0 Å². The van der Waals surface area contributed by atoms with Gasteiger partial charge < -0.3 is 9.73 Å². The summed E-state index contributed by atoms with van der Waals surface area (Å²) in [5.41, 5.74) is 0.995. The van der Waals surface area contributed by atoms with Gasteiger partial charge in [0, 0.05) is 12.6 Å². The second-order valence-electron chi connectivity index (χ2n) is 4.97. The van der Waals surface area contributed by atoms with E-state index in [4.69, 9.17) is 4.42 Å². The normalized spacial score (nSPS) is 18.8. The summed E-state index contributed by atoms with van der Waals surface area (Å²) in [4.78, 5) is 6.90. The first-order chi connectivity index (χ1) is 8.16. The Hall–Kier alpha value is -0.870. The average Bonchev–Trinajstić information content (AvgIpc) is 2.90. The van der Waals surface area contributed by atoms with E-state index in [9.17, 15) is 0 Å². The van der Waals surface area contributed by atoms with Crippen LogP contribution in [0.25, 0.3) is 0 Å². The fourth-order valence-electron chi connectivity index (χ4n) is 2.31. The number of likely N-dealkylation sites (tertiary alicyclic amines) is 1. The van der Waals surface area contributed by atoms with Gasteiger partial charge in [-0.2, -0.15) is 0 Å². The molecule has 1 aliphatic heterocycles. The summed E-state index contributed by atoms with van der Waals surface area (Å²) in [5, 5.41) is 3.42. The van der Waals surface area contributed by atoms with Crippen LogP contribution in [-0.2, 0) is 6.54 Å². The second kappa shape index (κ2) is 5.65. The number of hydrogen-bond donors (Lipinski definition) is 1. The van der Waals surface area contributed by atoms with Gasteiger partial charge in [-0.3, -0.25) is 4.90 Å². The van der Waals surface area contributed by atoms with E-state index in [2.05, 4.69) is 22.1 Å². The highest BCUT2D eigenvalue weighted by Gasteiger charge is 2.17. The lowest BCUT2D eigenvalue weighted by molar-refractivity contribution is 0.249. The van der Waals surface area contributed by atoms with Crippen LogP contribution >= 0.6 is 0 Å². The van der Waals surface area contributed by atoms with Crippen molar-refractivity contribution >= 4 is 0 Å². The SMILES string of the molecule is Cc1nc(CNCC(C)N2CCCC2)oc1C. The van der Waals surface area contributed by atoms with Gasteiger partial charge in [0.2, 0.25) is 5.89 Å². The van der Waals surface area contributed by atoms with Crippen LogP contribution in [0.2, 0.25) is 0 Å². The van der Waals surface area contributed by atoms with Crippen molar-refractivity contribution in [2.24, 2.45) is 0 Å². The van der Waals surface area contributed by atoms with Gasteiger partial charge in [0.05, 0.1) is 12.2 Å². The first kappa shape index (κ1) is 12.6. The molecule has 4 nitrogen and oxygen atoms in total. The van der Waals surface area contributed by atoms with Crippen LogP contribution in [-0.4, -0.2) is 35.6 Å². The zero-order chi connectivity index (χ0) is 12.3. The fraction of sp³-hybridized carbons (Fsp3) is 0.769. The van der Waals surface area contributed by atoms with E-state index in [0.29, 0.717) is 6.04 Å². The number of rotatable bonds is 5. The molecule has 4 heteroatoms. The van der Waals surface area contributed by atoms with Crippen LogP contribution in [0.1, 0.15) is 37.1 Å². The van der Waals surface area contributed by atoms with E-state index in [-0.39, 0.29) is 0 Å². The molecule has 96 valence electrons. The van der Waals surface area contributed by atoms with Crippen molar-refractivity contribution in [3.8, 4) is 0 Å². The number of nitrogens with zero attached hydrogens (tertiary/aromatic N) is 2. The smallest absolute Gasteiger partial charge is 0.208 e. The molecule has 17 heavy (non-hydrogen) atoms. The topological polar surface area (TPSA) is 41.3 Å². The summed E-state index contributed by atoms with van der Waals surface area (Å²) < 4.78 is 5.53. The molecular weight excluding hydrogens is 214 g/mol. The van der Waals surface area contributed by atoms with Crippen LogP contribution in [0, 0.1) is 13.8 Å². The van der Waals surface area contributed by atoms with Crippen molar-refractivity contribution in [2.75, 3.05) is 19.6 Å². The molecule has 1 fully saturated rings. The van der Waals surface area contributed by atoms with Gasteiger partial charge >= 0.3 is 0 Å². The molecule has 0 spiro atoms. The van der Waals surface area contributed by atoms with Gasteiger partial charge in [-0.1, -0.05) is 0 Å². The summed E-state index contributed by atoms with van der Waals surface area (Å²) in [7, 11) is 0. The molecule has 0 amide bonds. The average molecular weight is 237 g/mol. The van der Waals surface area contributed by atoms with E-state index in [1.54, 1.807) is 0 Å². The summed E-state index contributed by atoms with van der Waals surface area (Å²) in [6.07, 6.45) is 2.70. The maximum atomic E-state index is 5.53. The molecular formula is C13H23N3O. The Kier molecular flexibility index (Phi) is 4.18. The van der Waals surface area contributed by atoms with Gasteiger partial charge in [-0.25, -0.2) is 4.98 Å². The Labute approximate surface area is 103 Å². The van der Waals surface area contributed by atoms with Gasteiger partial charge in [0.15, 0.2) is 0 Å². The highest BCUT2D eigenvalue weighted by atomic mass is 16.4. The highest BCUT2D eigenvalue weighted by Crippen LogP contribution is 2.11. The number of aromatic nitrogens is 1. The molecule has 1 aliphatic rings. The molecule has 1 atom stereocenters. The standard InChI is InChI=1S/C13H23N3O/c1-10(16-6-4-5-7-16)8-14-9-13-15-11(2)12(3)17-13/h10,14H,4-9H2,1-3H3. The minimum absolute atomic E-state index is 0.606. The van der Waals surface area contributed by atoms with E-state index >= 15 is 0 Å². The zero-order valence-corrected chi connectivity index (χ0v) is 11.1. The molecule has 0 aromatic carbocycles. The van der Waals surface area contributed by atoms with Crippen molar-refractivity contribution in [2.45, 2.75) is 46.2 Å². The van der Waals surface area contributed by atoms with Crippen molar-refractivity contribution in [3.05, 3.63) is 17.3 Å². The quantitative estimate of drug-likeness (QED) is 0.849.